The molecule has 0 amide bonds. The van der Waals surface area contributed by atoms with Crippen LogP contribution in [0.4, 0.5) is 5.69 Å². The summed E-state index contributed by atoms with van der Waals surface area (Å²) in [4.78, 5) is 22.7. The molecule has 1 aromatic rings. The van der Waals surface area contributed by atoms with Crippen LogP contribution in [-0.4, -0.2) is 28.3 Å². The molecule has 2 N–H and O–H groups in total. The summed E-state index contributed by atoms with van der Waals surface area (Å²) in [6.45, 7) is 7.91. The minimum absolute atomic E-state index is 0.0206. The zero-order valence-corrected chi connectivity index (χ0v) is 15.8. The van der Waals surface area contributed by atoms with E-state index in [1.54, 1.807) is 19.1 Å². The van der Waals surface area contributed by atoms with E-state index < -0.39 is 24.7 Å². The number of aliphatic carboxylic acids is 1. The van der Waals surface area contributed by atoms with E-state index in [4.69, 9.17) is 0 Å². The van der Waals surface area contributed by atoms with Gasteiger partial charge in [0, 0.05) is 29.4 Å². The molecule has 1 heterocycles. The Labute approximate surface area is 148 Å². The summed E-state index contributed by atoms with van der Waals surface area (Å²) < 4.78 is 0. The largest absolute Gasteiger partial charge is 0.478 e. The number of hydrogen-bond acceptors (Lipinski definition) is 4. The first-order valence-electron chi connectivity index (χ1n) is 8.22. The van der Waals surface area contributed by atoms with Crippen molar-refractivity contribution in [3.8, 4) is 0 Å². The number of allylic oxidation sites excluding steroid dienone is 3. The summed E-state index contributed by atoms with van der Waals surface area (Å²) in [6, 6.07) is 6.33. The molecule has 0 aliphatic carbocycles. The molecule has 6 nitrogen and oxygen atoms in total. The standard InChI is InChI=1S/C18H23N2O4P/c1-5-25(6-2)17-12(4)19-11(3)15(18(21)22)16(17)13-8-7-9-14(10-13)20(23)24/h7-10,16,19H,5-6H2,1-4H3,(H,21,22). The molecule has 1 aliphatic heterocycles. The highest BCUT2D eigenvalue weighted by atomic mass is 31.1. The number of non-ortho nitro benzene ring substituents is 1. The Balaban J connectivity index is 2.71. The van der Waals surface area contributed by atoms with Gasteiger partial charge in [0.15, 0.2) is 0 Å². The van der Waals surface area contributed by atoms with Gasteiger partial charge in [-0.1, -0.05) is 33.9 Å². The van der Waals surface area contributed by atoms with Crippen LogP contribution in [0.1, 0.15) is 39.2 Å². The molecule has 25 heavy (non-hydrogen) atoms. The third-order valence-corrected chi connectivity index (χ3v) is 7.28. The van der Waals surface area contributed by atoms with Crippen LogP contribution in [0.25, 0.3) is 0 Å². The van der Waals surface area contributed by atoms with Gasteiger partial charge in [-0.3, -0.25) is 10.1 Å². The highest BCUT2D eigenvalue weighted by Gasteiger charge is 2.36. The van der Waals surface area contributed by atoms with E-state index in [1.807, 2.05) is 6.92 Å². The normalized spacial score (nSPS) is 17.7. The van der Waals surface area contributed by atoms with Gasteiger partial charge in [-0.15, -0.1) is 0 Å². The second-order valence-corrected chi connectivity index (χ2v) is 8.76. The SMILES string of the molecule is CCP(CC)C1=C(C)NC(C)=C(C(=O)O)C1c1cccc([N+](=O)[O-])c1. The molecular weight excluding hydrogens is 339 g/mol. The molecule has 1 aliphatic rings. The number of carboxylic acid groups (broad SMARTS) is 1. The lowest BCUT2D eigenvalue weighted by Gasteiger charge is -2.34. The van der Waals surface area contributed by atoms with E-state index in [0.29, 0.717) is 11.3 Å². The molecule has 0 saturated heterocycles. The van der Waals surface area contributed by atoms with Gasteiger partial charge in [-0.05, 0) is 37.0 Å². The zero-order chi connectivity index (χ0) is 18.7. The van der Waals surface area contributed by atoms with Crippen molar-refractivity contribution in [3.63, 3.8) is 0 Å². The predicted molar refractivity (Wildman–Crippen MR) is 100 cm³/mol. The number of carbonyl (C=O) groups is 1. The fraction of sp³-hybridized carbons (Fsp3) is 0.389. The molecule has 1 unspecified atom stereocenters. The van der Waals surface area contributed by atoms with Gasteiger partial charge in [-0.25, -0.2) is 4.79 Å². The number of dihydropyridines is 1. The zero-order valence-electron chi connectivity index (χ0n) is 14.9. The van der Waals surface area contributed by atoms with Crippen LogP contribution in [0, 0.1) is 10.1 Å². The third-order valence-electron chi connectivity index (χ3n) is 4.47. The maximum atomic E-state index is 12.0. The van der Waals surface area contributed by atoms with Gasteiger partial charge in [-0.2, -0.15) is 0 Å². The Bertz CT molecular complexity index is 766. The highest BCUT2D eigenvalue weighted by Crippen LogP contribution is 2.56. The number of nitro groups is 1. The summed E-state index contributed by atoms with van der Waals surface area (Å²) in [5.41, 5.74) is 2.47. The van der Waals surface area contributed by atoms with E-state index in [1.165, 1.54) is 12.1 Å². The number of carboxylic acids is 1. The lowest BCUT2D eigenvalue weighted by atomic mass is 9.86. The molecule has 1 atom stereocenters. The Morgan fingerprint density at radius 3 is 2.44 bits per heavy atom. The molecule has 7 heteroatoms. The number of rotatable bonds is 6. The summed E-state index contributed by atoms with van der Waals surface area (Å²) >= 11 is 0. The van der Waals surface area contributed by atoms with Crippen molar-refractivity contribution in [3.05, 3.63) is 62.2 Å². The summed E-state index contributed by atoms with van der Waals surface area (Å²) in [7, 11) is -0.522. The van der Waals surface area contributed by atoms with Crippen LogP contribution < -0.4 is 5.32 Å². The molecular formula is C18H23N2O4P. The number of nitrogens with one attached hydrogen (secondary N) is 1. The minimum Gasteiger partial charge on any atom is -0.478 e. The molecule has 134 valence electrons. The van der Waals surface area contributed by atoms with E-state index >= 15 is 0 Å². The monoisotopic (exact) mass is 362 g/mol. The number of nitro benzene ring substituents is 1. The average molecular weight is 362 g/mol. The Hall–Kier alpha value is -2.20. The topological polar surface area (TPSA) is 92.5 Å². The highest BCUT2D eigenvalue weighted by molar-refractivity contribution is 7.62. The van der Waals surface area contributed by atoms with Crippen LogP contribution in [-0.2, 0) is 4.79 Å². The maximum Gasteiger partial charge on any atom is 0.334 e. The van der Waals surface area contributed by atoms with Crippen molar-refractivity contribution in [2.45, 2.75) is 33.6 Å². The van der Waals surface area contributed by atoms with Crippen molar-refractivity contribution in [2.24, 2.45) is 0 Å². The van der Waals surface area contributed by atoms with Gasteiger partial charge in [0.05, 0.1) is 10.5 Å². The first kappa shape index (κ1) is 19.1. The minimum atomic E-state index is -0.992. The first-order valence-corrected chi connectivity index (χ1v) is 9.94. The van der Waals surface area contributed by atoms with Crippen LogP contribution in [0.15, 0.2) is 46.5 Å². The van der Waals surface area contributed by atoms with Gasteiger partial charge in [0.1, 0.15) is 0 Å². The Kier molecular flexibility index (Phi) is 5.96. The second kappa shape index (κ2) is 7.79. The van der Waals surface area contributed by atoms with E-state index in [2.05, 4.69) is 19.2 Å². The number of benzene rings is 1. The van der Waals surface area contributed by atoms with Crippen LogP contribution in [0.2, 0.25) is 0 Å². The lowest BCUT2D eigenvalue weighted by Crippen LogP contribution is -2.28. The van der Waals surface area contributed by atoms with E-state index in [0.717, 1.165) is 23.3 Å². The summed E-state index contributed by atoms with van der Waals surface area (Å²) in [5, 5.41) is 25.2. The van der Waals surface area contributed by atoms with Crippen LogP contribution in [0.5, 0.6) is 0 Å². The molecule has 0 spiro atoms. The van der Waals surface area contributed by atoms with Gasteiger partial charge in [0.2, 0.25) is 0 Å². The Morgan fingerprint density at radius 2 is 1.92 bits per heavy atom. The van der Waals surface area contributed by atoms with E-state index in [-0.39, 0.29) is 11.3 Å². The van der Waals surface area contributed by atoms with Crippen molar-refractivity contribution in [1.82, 2.24) is 5.32 Å². The van der Waals surface area contributed by atoms with Crippen molar-refractivity contribution < 1.29 is 14.8 Å². The molecule has 2 rings (SSSR count). The van der Waals surface area contributed by atoms with Crippen molar-refractivity contribution in [1.29, 1.82) is 0 Å². The van der Waals surface area contributed by atoms with Gasteiger partial charge < -0.3 is 10.4 Å². The molecule has 0 bridgehead atoms. The predicted octanol–water partition coefficient (Wildman–Crippen LogP) is 4.39. The van der Waals surface area contributed by atoms with Gasteiger partial charge >= 0.3 is 5.97 Å². The van der Waals surface area contributed by atoms with Crippen LogP contribution in [0.3, 0.4) is 0 Å². The Morgan fingerprint density at radius 1 is 1.28 bits per heavy atom. The fourth-order valence-corrected chi connectivity index (χ4v) is 5.69. The molecule has 0 fully saturated rings. The summed E-state index contributed by atoms with van der Waals surface area (Å²) in [6.07, 6.45) is 1.88. The first-order chi connectivity index (χ1) is 11.8. The molecule has 0 aromatic heterocycles. The fourth-order valence-electron chi connectivity index (χ4n) is 3.39. The van der Waals surface area contributed by atoms with Gasteiger partial charge in [0.25, 0.3) is 5.69 Å². The second-order valence-electron chi connectivity index (χ2n) is 5.94. The number of hydrogen-bond donors (Lipinski definition) is 2. The molecule has 0 saturated carbocycles. The molecule has 1 aromatic carbocycles. The van der Waals surface area contributed by atoms with Crippen molar-refractivity contribution in [2.75, 3.05) is 12.3 Å². The lowest BCUT2D eigenvalue weighted by molar-refractivity contribution is -0.384. The smallest absolute Gasteiger partial charge is 0.334 e. The maximum absolute atomic E-state index is 12.0. The quantitative estimate of drug-likeness (QED) is 0.445. The third kappa shape index (κ3) is 3.74. The summed E-state index contributed by atoms with van der Waals surface area (Å²) in [5.74, 6) is -1.45. The van der Waals surface area contributed by atoms with E-state index in [9.17, 15) is 20.0 Å². The van der Waals surface area contributed by atoms with Crippen LogP contribution >= 0.6 is 7.92 Å². The number of nitrogens with zero attached hydrogens (tertiary/aromatic N) is 1. The van der Waals surface area contributed by atoms with Crippen molar-refractivity contribution >= 4 is 19.6 Å². The average Bonchev–Trinajstić information content (AvgIpc) is 2.56. The molecule has 0 radical (unpaired) electrons.